The molecule has 0 aliphatic carbocycles. The van der Waals surface area contributed by atoms with Crippen LogP contribution in [0.5, 0.6) is 0 Å². The molecule has 0 atom stereocenters. The second-order valence-electron chi connectivity index (χ2n) is 4.82. The van der Waals surface area contributed by atoms with Crippen LogP contribution in [0.4, 0.5) is 10.5 Å². The Morgan fingerprint density at radius 3 is 2.67 bits per heavy atom. The average Bonchev–Trinajstić information content (AvgIpc) is 3.07. The second-order valence-corrected chi connectivity index (χ2v) is 5.54. The topological polar surface area (TPSA) is 61.4 Å². The number of hydrogen-bond acceptors (Lipinski definition) is 5. The van der Waals surface area contributed by atoms with Gasteiger partial charge in [-0.05, 0) is 12.1 Å². The highest BCUT2D eigenvalue weighted by molar-refractivity contribution is 7.07. The lowest BCUT2D eigenvalue weighted by Crippen LogP contribution is -2.51. The molecule has 0 aromatic carbocycles. The molecule has 110 valence electrons. The number of hydrogen-bond donors (Lipinski definition) is 1. The standard InChI is InChI=1S/C14H17N5OS/c20-14(16-9-12-10-21-11-17-12)19-7-5-18(6-8-19)13-1-3-15-4-2-13/h1-4,10-11H,5-9H2,(H,16,20). The van der Waals surface area contributed by atoms with Gasteiger partial charge in [0.25, 0.3) is 0 Å². The molecule has 2 amide bonds. The first-order chi connectivity index (χ1) is 10.3. The first kappa shape index (κ1) is 13.8. The molecule has 21 heavy (non-hydrogen) atoms. The van der Waals surface area contributed by atoms with Gasteiger partial charge >= 0.3 is 6.03 Å². The monoisotopic (exact) mass is 303 g/mol. The lowest BCUT2D eigenvalue weighted by molar-refractivity contribution is 0.194. The van der Waals surface area contributed by atoms with E-state index in [4.69, 9.17) is 0 Å². The summed E-state index contributed by atoms with van der Waals surface area (Å²) in [7, 11) is 0. The van der Waals surface area contributed by atoms with Gasteiger partial charge in [0.2, 0.25) is 0 Å². The highest BCUT2D eigenvalue weighted by Gasteiger charge is 2.21. The fourth-order valence-electron chi connectivity index (χ4n) is 2.33. The van der Waals surface area contributed by atoms with E-state index in [1.807, 2.05) is 22.4 Å². The van der Waals surface area contributed by atoms with Crippen LogP contribution in [0.25, 0.3) is 0 Å². The van der Waals surface area contributed by atoms with Crippen LogP contribution in [0.3, 0.4) is 0 Å². The van der Waals surface area contributed by atoms with E-state index in [9.17, 15) is 4.79 Å². The summed E-state index contributed by atoms with van der Waals surface area (Å²) in [6, 6.07) is 3.98. The number of nitrogens with one attached hydrogen (secondary N) is 1. The Morgan fingerprint density at radius 2 is 2.00 bits per heavy atom. The van der Waals surface area contributed by atoms with E-state index >= 15 is 0 Å². The molecule has 1 N–H and O–H groups in total. The van der Waals surface area contributed by atoms with Crippen molar-refractivity contribution >= 4 is 23.1 Å². The Labute approximate surface area is 127 Å². The third kappa shape index (κ3) is 3.49. The number of anilines is 1. The molecule has 7 heteroatoms. The third-order valence-corrected chi connectivity index (χ3v) is 4.13. The molecule has 1 saturated heterocycles. The van der Waals surface area contributed by atoms with E-state index < -0.39 is 0 Å². The largest absolute Gasteiger partial charge is 0.368 e. The van der Waals surface area contributed by atoms with Gasteiger partial charge in [0, 0.05) is 49.6 Å². The number of urea groups is 1. The smallest absolute Gasteiger partial charge is 0.317 e. The molecule has 1 aliphatic heterocycles. The van der Waals surface area contributed by atoms with Crippen LogP contribution >= 0.6 is 11.3 Å². The van der Waals surface area contributed by atoms with Gasteiger partial charge in [-0.15, -0.1) is 11.3 Å². The van der Waals surface area contributed by atoms with Crippen molar-refractivity contribution in [1.29, 1.82) is 0 Å². The van der Waals surface area contributed by atoms with E-state index in [1.54, 1.807) is 17.9 Å². The van der Waals surface area contributed by atoms with Crippen LogP contribution < -0.4 is 10.2 Å². The van der Waals surface area contributed by atoms with Crippen LogP contribution in [0.1, 0.15) is 5.69 Å². The maximum absolute atomic E-state index is 12.1. The normalized spacial score (nSPS) is 15.0. The number of rotatable bonds is 3. The predicted octanol–water partition coefficient (Wildman–Crippen LogP) is 1.57. The molecule has 0 saturated carbocycles. The Kier molecular flexibility index (Phi) is 4.30. The molecule has 0 unspecified atom stereocenters. The van der Waals surface area contributed by atoms with E-state index in [1.165, 1.54) is 11.3 Å². The van der Waals surface area contributed by atoms with Gasteiger partial charge in [0.1, 0.15) is 0 Å². The number of piperazine rings is 1. The zero-order chi connectivity index (χ0) is 14.5. The van der Waals surface area contributed by atoms with E-state index in [-0.39, 0.29) is 6.03 Å². The van der Waals surface area contributed by atoms with Crippen molar-refractivity contribution in [1.82, 2.24) is 20.2 Å². The van der Waals surface area contributed by atoms with Crippen LogP contribution in [-0.4, -0.2) is 47.1 Å². The second kappa shape index (κ2) is 6.53. The fourth-order valence-corrected chi connectivity index (χ4v) is 2.88. The maximum atomic E-state index is 12.1. The molecule has 1 fully saturated rings. The van der Waals surface area contributed by atoms with Crippen molar-refractivity contribution in [3.63, 3.8) is 0 Å². The van der Waals surface area contributed by atoms with Crippen molar-refractivity contribution in [2.24, 2.45) is 0 Å². The third-order valence-electron chi connectivity index (χ3n) is 3.50. The summed E-state index contributed by atoms with van der Waals surface area (Å²) in [6.45, 7) is 3.63. The van der Waals surface area contributed by atoms with Gasteiger partial charge in [0.05, 0.1) is 17.7 Å². The number of thiazole rings is 1. The predicted molar refractivity (Wildman–Crippen MR) is 82.4 cm³/mol. The molecule has 3 rings (SSSR count). The molecule has 0 bridgehead atoms. The summed E-state index contributed by atoms with van der Waals surface area (Å²) in [5.41, 5.74) is 3.84. The minimum Gasteiger partial charge on any atom is -0.368 e. The number of amides is 2. The molecule has 0 spiro atoms. The van der Waals surface area contributed by atoms with Gasteiger partial charge < -0.3 is 15.1 Å². The summed E-state index contributed by atoms with van der Waals surface area (Å²) in [5.74, 6) is 0. The number of pyridine rings is 1. The number of nitrogens with zero attached hydrogens (tertiary/aromatic N) is 4. The summed E-state index contributed by atoms with van der Waals surface area (Å²) in [6.07, 6.45) is 3.59. The first-order valence-corrected chi connectivity index (χ1v) is 7.82. The Bertz CT molecular complexity index is 566. The minimum absolute atomic E-state index is 0.0163. The Balaban J connectivity index is 1.48. The van der Waals surface area contributed by atoms with E-state index in [2.05, 4.69) is 20.2 Å². The minimum atomic E-state index is -0.0163. The summed E-state index contributed by atoms with van der Waals surface area (Å²) < 4.78 is 0. The van der Waals surface area contributed by atoms with Crippen LogP contribution in [0, 0.1) is 0 Å². The molecule has 2 aromatic rings. The highest BCUT2D eigenvalue weighted by Crippen LogP contribution is 2.14. The van der Waals surface area contributed by atoms with Crippen molar-refractivity contribution in [3.8, 4) is 0 Å². The molecule has 1 aliphatic rings. The Hall–Kier alpha value is -2.15. The summed E-state index contributed by atoms with van der Waals surface area (Å²) >= 11 is 1.54. The fraction of sp³-hybridized carbons (Fsp3) is 0.357. The molecule has 2 aromatic heterocycles. The first-order valence-electron chi connectivity index (χ1n) is 6.88. The van der Waals surface area contributed by atoms with Crippen LogP contribution in [0.15, 0.2) is 35.4 Å². The van der Waals surface area contributed by atoms with Crippen molar-refractivity contribution in [3.05, 3.63) is 41.1 Å². The molecular formula is C14H17N5OS. The van der Waals surface area contributed by atoms with E-state index in [0.717, 1.165) is 37.6 Å². The van der Waals surface area contributed by atoms with Crippen LogP contribution in [0.2, 0.25) is 0 Å². The number of carbonyl (C=O) groups excluding carboxylic acids is 1. The van der Waals surface area contributed by atoms with Crippen molar-refractivity contribution in [2.45, 2.75) is 6.54 Å². The maximum Gasteiger partial charge on any atom is 0.317 e. The lowest BCUT2D eigenvalue weighted by Gasteiger charge is -2.35. The molecule has 6 nitrogen and oxygen atoms in total. The zero-order valence-electron chi connectivity index (χ0n) is 11.6. The number of carbonyl (C=O) groups is 1. The van der Waals surface area contributed by atoms with Gasteiger partial charge in [-0.3, -0.25) is 4.98 Å². The van der Waals surface area contributed by atoms with Gasteiger partial charge in [-0.1, -0.05) is 0 Å². The molecule has 0 radical (unpaired) electrons. The SMILES string of the molecule is O=C(NCc1cscn1)N1CCN(c2ccncc2)CC1. The summed E-state index contributed by atoms with van der Waals surface area (Å²) in [4.78, 5) is 24.4. The highest BCUT2D eigenvalue weighted by atomic mass is 32.1. The quantitative estimate of drug-likeness (QED) is 0.935. The van der Waals surface area contributed by atoms with Gasteiger partial charge in [0.15, 0.2) is 0 Å². The average molecular weight is 303 g/mol. The molecular weight excluding hydrogens is 286 g/mol. The van der Waals surface area contributed by atoms with Crippen LogP contribution in [-0.2, 0) is 6.54 Å². The van der Waals surface area contributed by atoms with Gasteiger partial charge in [-0.25, -0.2) is 9.78 Å². The number of aromatic nitrogens is 2. The lowest BCUT2D eigenvalue weighted by atomic mass is 10.3. The Morgan fingerprint density at radius 1 is 1.24 bits per heavy atom. The van der Waals surface area contributed by atoms with E-state index in [0.29, 0.717) is 6.54 Å². The van der Waals surface area contributed by atoms with Crippen molar-refractivity contribution in [2.75, 3.05) is 31.1 Å². The summed E-state index contributed by atoms with van der Waals surface area (Å²) in [5, 5.41) is 4.86. The zero-order valence-corrected chi connectivity index (χ0v) is 12.4. The van der Waals surface area contributed by atoms with Gasteiger partial charge in [-0.2, -0.15) is 0 Å². The van der Waals surface area contributed by atoms with Crippen molar-refractivity contribution < 1.29 is 4.79 Å². The molecule has 3 heterocycles.